The van der Waals surface area contributed by atoms with Gasteiger partial charge in [-0.2, -0.15) is 0 Å². The fraction of sp³-hybridized carbons (Fsp3) is 0.667. The Balaban J connectivity index is 2.91. The first-order valence-corrected chi connectivity index (χ1v) is 7.91. The van der Waals surface area contributed by atoms with Crippen molar-refractivity contribution in [1.82, 2.24) is 4.90 Å². The van der Waals surface area contributed by atoms with Crippen LogP contribution in [0.5, 0.6) is 5.75 Å². The van der Waals surface area contributed by atoms with Crippen molar-refractivity contribution in [2.75, 3.05) is 46.3 Å². The van der Waals surface area contributed by atoms with Gasteiger partial charge < -0.3 is 19.7 Å². The van der Waals surface area contributed by atoms with Crippen molar-refractivity contribution in [3.63, 3.8) is 0 Å². The molecule has 0 amide bonds. The van der Waals surface area contributed by atoms with E-state index in [1.165, 1.54) is 5.56 Å². The lowest BCUT2D eigenvalue weighted by atomic mass is 9.85. The lowest BCUT2D eigenvalue weighted by Gasteiger charge is -2.26. The summed E-state index contributed by atoms with van der Waals surface area (Å²) in [4.78, 5) is 2.11. The first-order chi connectivity index (χ1) is 10.2. The molecule has 0 spiro atoms. The van der Waals surface area contributed by atoms with E-state index in [9.17, 15) is 0 Å². The predicted molar refractivity (Wildman–Crippen MR) is 94.2 cm³/mol. The Morgan fingerprint density at radius 3 is 2.45 bits per heavy atom. The average Bonchev–Trinajstić information content (AvgIpc) is 2.37. The zero-order chi connectivity index (χ0) is 16.8. The molecule has 1 atom stereocenters. The largest absolute Gasteiger partial charge is 0.492 e. The Labute approximate surface area is 135 Å². The fourth-order valence-electron chi connectivity index (χ4n) is 2.29. The molecule has 4 heteroatoms. The Hall–Kier alpha value is -1.26. The number of methoxy groups -OCH3 is 1. The molecule has 0 bridgehead atoms. The summed E-state index contributed by atoms with van der Waals surface area (Å²) < 4.78 is 11.1. The minimum atomic E-state index is 0.0806. The van der Waals surface area contributed by atoms with Crippen LogP contribution in [0.25, 0.3) is 0 Å². The van der Waals surface area contributed by atoms with E-state index in [2.05, 4.69) is 56.1 Å². The number of benzene rings is 1. The van der Waals surface area contributed by atoms with Gasteiger partial charge in [0.2, 0.25) is 0 Å². The lowest BCUT2D eigenvalue weighted by Crippen LogP contribution is -2.24. The number of hydrogen-bond donors (Lipinski definition) is 1. The topological polar surface area (TPSA) is 33.7 Å². The van der Waals surface area contributed by atoms with Crippen molar-refractivity contribution in [1.29, 1.82) is 0 Å². The van der Waals surface area contributed by atoms with Gasteiger partial charge in [-0.15, -0.1) is 0 Å². The molecule has 0 radical (unpaired) electrons. The van der Waals surface area contributed by atoms with Crippen molar-refractivity contribution in [2.45, 2.75) is 39.2 Å². The molecule has 1 aromatic carbocycles. The number of anilines is 1. The molecule has 0 aromatic heterocycles. The maximum absolute atomic E-state index is 5.85. The van der Waals surface area contributed by atoms with Crippen molar-refractivity contribution in [2.24, 2.45) is 0 Å². The van der Waals surface area contributed by atoms with Gasteiger partial charge in [-0.1, -0.05) is 26.8 Å². The summed E-state index contributed by atoms with van der Waals surface area (Å²) in [5, 5.41) is 3.54. The molecular weight excluding hydrogens is 276 g/mol. The highest BCUT2D eigenvalue weighted by Crippen LogP contribution is 2.33. The van der Waals surface area contributed by atoms with Crippen molar-refractivity contribution < 1.29 is 9.47 Å². The summed E-state index contributed by atoms with van der Waals surface area (Å²) in [7, 11) is 5.82. The number of nitrogens with one attached hydrogen (secondary N) is 1. The predicted octanol–water partition coefficient (Wildman–Crippen LogP) is 3.37. The maximum atomic E-state index is 5.85. The van der Waals surface area contributed by atoms with E-state index in [4.69, 9.17) is 9.47 Å². The maximum Gasteiger partial charge on any atom is 0.121 e. The smallest absolute Gasteiger partial charge is 0.121 e. The summed E-state index contributed by atoms with van der Waals surface area (Å²) in [5.41, 5.74) is 2.49. The van der Waals surface area contributed by atoms with Crippen LogP contribution in [-0.4, -0.2) is 51.9 Å². The molecule has 1 rings (SSSR count). The molecule has 0 fully saturated rings. The molecule has 22 heavy (non-hydrogen) atoms. The lowest BCUT2D eigenvalue weighted by molar-refractivity contribution is 0.190. The minimum absolute atomic E-state index is 0.0806. The van der Waals surface area contributed by atoms with Crippen LogP contribution in [0.3, 0.4) is 0 Å². The quantitative estimate of drug-likeness (QED) is 0.798. The first-order valence-electron chi connectivity index (χ1n) is 7.91. The number of nitrogens with zero attached hydrogens (tertiary/aromatic N) is 1. The molecule has 0 aliphatic heterocycles. The third-order valence-corrected chi connectivity index (χ3v) is 3.42. The Morgan fingerprint density at radius 2 is 1.91 bits per heavy atom. The van der Waals surface area contributed by atoms with E-state index in [-0.39, 0.29) is 11.5 Å². The van der Waals surface area contributed by atoms with Gasteiger partial charge in [0.05, 0.1) is 6.61 Å². The van der Waals surface area contributed by atoms with E-state index in [0.29, 0.717) is 13.2 Å². The van der Waals surface area contributed by atoms with Crippen LogP contribution in [0, 0.1) is 0 Å². The molecule has 4 nitrogen and oxygen atoms in total. The van der Waals surface area contributed by atoms with Crippen LogP contribution in [0.15, 0.2) is 18.2 Å². The molecule has 1 N–H and O–H groups in total. The summed E-state index contributed by atoms with van der Waals surface area (Å²) in [5.74, 6) is 0.905. The second-order valence-electron chi connectivity index (χ2n) is 7.11. The van der Waals surface area contributed by atoms with Gasteiger partial charge in [0.25, 0.3) is 0 Å². The SMILES string of the molecule is COCC(C)Nc1cc(OCCN(C)C)ccc1C(C)(C)C. The zero-order valence-corrected chi connectivity index (χ0v) is 15.2. The summed E-state index contributed by atoms with van der Waals surface area (Å²) in [6.07, 6.45) is 0. The van der Waals surface area contributed by atoms with Crippen molar-refractivity contribution >= 4 is 5.69 Å². The Bertz CT molecular complexity index is 453. The normalized spacial score (nSPS) is 13.3. The van der Waals surface area contributed by atoms with E-state index in [1.54, 1.807) is 7.11 Å². The van der Waals surface area contributed by atoms with Gasteiger partial charge in [-0.3, -0.25) is 0 Å². The standard InChI is InChI=1S/C18H32N2O2/c1-14(13-21-7)19-17-12-15(22-11-10-20(5)6)8-9-16(17)18(2,3)4/h8-9,12,14,19H,10-11,13H2,1-7H3. The minimum Gasteiger partial charge on any atom is -0.492 e. The van der Waals surface area contributed by atoms with Gasteiger partial charge in [-0.05, 0) is 38.1 Å². The van der Waals surface area contributed by atoms with Crippen LogP contribution in [0.2, 0.25) is 0 Å². The van der Waals surface area contributed by atoms with E-state index >= 15 is 0 Å². The molecule has 0 saturated carbocycles. The Morgan fingerprint density at radius 1 is 1.23 bits per heavy atom. The number of likely N-dealkylation sites (N-methyl/N-ethyl adjacent to an activating group) is 1. The highest BCUT2D eigenvalue weighted by Gasteiger charge is 2.19. The molecule has 0 aliphatic carbocycles. The molecule has 1 aromatic rings. The summed E-state index contributed by atoms with van der Waals surface area (Å²) >= 11 is 0. The van der Waals surface area contributed by atoms with Crippen LogP contribution in [0.4, 0.5) is 5.69 Å². The highest BCUT2D eigenvalue weighted by molar-refractivity contribution is 5.58. The number of hydrogen-bond acceptors (Lipinski definition) is 4. The monoisotopic (exact) mass is 308 g/mol. The molecule has 126 valence electrons. The van der Waals surface area contributed by atoms with Gasteiger partial charge in [0, 0.05) is 31.5 Å². The number of rotatable bonds is 8. The highest BCUT2D eigenvalue weighted by atomic mass is 16.5. The fourth-order valence-corrected chi connectivity index (χ4v) is 2.29. The van der Waals surface area contributed by atoms with Gasteiger partial charge >= 0.3 is 0 Å². The van der Waals surface area contributed by atoms with Crippen molar-refractivity contribution in [3.05, 3.63) is 23.8 Å². The van der Waals surface area contributed by atoms with Crippen LogP contribution in [-0.2, 0) is 10.2 Å². The molecule has 0 heterocycles. The van der Waals surface area contributed by atoms with Crippen LogP contribution >= 0.6 is 0 Å². The zero-order valence-electron chi connectivity index (χ0n) is 15.2. The molecular formula is C18H32N2O2. The van der Waals surface area contributed by atoms with Gasteiger partial charge in [0.1, 0.15) is 12.4 Å². The summed E-state index contributed by atoms with van der Waals surface area (Å²) in [6, 6.07) is 6.57. The van der Waals surface area contributed by atoms with Crippen LogP contribution in [0.1, 0.15) is 33.3 Å². The van der Waals surface area contributed by atoms with Crippen LogP contribution < -0.4 is 10.1 Å². The van der Waals surface area contributed by atoms with Crippen molar-refractivity contribution in [3.8, 4) is 5.75 Å². The average molecular weight is 308 g/mol. The first kappa shape index (κ1) is 18.8. The number of ether oxygens (including phenoxy) is 2. The molecule has 0 saturated heterocycles. The second kappa shape index (κ2) is 8.39. The van der Waals surface area contributed by atoms with E-state index < -0.39 is 0 Å². The third-order valence-electron chi connectivity index (χ3n) is 3.42. The third kappa shape index (κ3) is 6.24. The van der Waals surface area contributed by atoms with E-state index in [0.717, 1.165) is 18.0 Å². The van der Waals surface area contributed by atoms with Gasteiger partial charge in [-0.25, -0.2) is 0 Å². The van der Waals surface area contributed by atoms with Gasteiger partial charge in [0.15, 0.2) is 0 Å². The van der Waals surface area contributed by atoms with E-state index in [1.807, 2.05) is 14.1 Å². The summed E-state index contributed by atoms with van der Waals surface area (Å²) in [6.45, 7) is 11.1. The molecule has 1 unspecified atom stereocenters. The molecule has 0 aliphatic rings. The second-order valence-corrected chi connectivity index (χ2v) is 7.11. The Kier molecular flexibility index (Phi) is 7.17.